The normalized spacial score (nSPS) is 15.7. The highest BCUT2D eigenvalue weighted by Crippen LogP contribution is 2.32. The molecule has 1 atom stereocenters. The summed E-state index contributed by atoms with van der Waals surface area (Å²) in [5.74, 6) is -0.385. The van der Waals surface area contributed by atoms with Gasteiger partial charge in [0, 0.05) is 16.2 Å². The van der Waals surface area contributed by atoms with Gasteiger partial charge in [0.15, 0.2) is 0 Å². The lowest BCUT2D eigenvalue weighted by Crippen LogP contribution is -2.42. The van der Waals surface area contributed by atoms with Crippen LogP contribution in [0.4, 0.5) is 4.39 Å². The largest absolute Gasteiger partial charge is 0.348 e. The molecule has 0 aliphatic heterocycles. The van der Waals surface area contributed by atoms with Gasteiger partial charge in [0.25, 0.3) is 5.91 Å². The van der Waals surface area contributed by atoms with Crippen LogP contribution in [0.25, 0.3) is 0 Å². The number of amides is 1. The van der Waals surface area contributed by atoms with E-state index in [0.717, 1.165) is 12.8 Å². The van der Waals surface area contributed by atoms with Crippen molar-refractivity contribution in [2.45, 2.75) is 18.9 Å². The van der Waals surface area contributed by atoms with Crippen molar-refractivity contribution in [1.29, 1.82) is 0 Å². The second-order valence-corrected chi connectivity index (χ2v) is 5.41. The molecule has 1 unspecified atom stereocenters. The van der Waals surface area contributed by atoms with Gasteiger partial charge in [-0.05, 0) is 53.5 Å². The molecule has 0 bridgehead atoms. The Labute approximate surface area is 125 Å². The minimum atomic E-state index is -0.485. The van der Waals surface area contributed by atoms with Gasteiger partial charge < -0.3 is 11.1 Å². The molecule has 2 rings (SSSR count). The number of carbonyl (C=O) groups excluding carboxylic acids is 1. The zero-order valence-corrected chi connectivity index (χ0v) is 12.6. The molecule has 0 spiro atoms. The predicted octanol–water partition coefficient (Wildman–Crippen LogP) is 2.32. The zero-order chi connectivity index (χ0) is 12.4. The van der Waals surface area contributed by atoms with Crippen molar-refractivity contribution in [3.8, 4) is 0 Å². The highest BCUT2D eigenvalue weighted by Gasteiger charge is 2.32. The summed E-state index contributed by atoms with van der Waals surface area (Å²) in [6.45, 7) is 0.404. The Morgan fingerprint density at radius 3 is 2.72 bits per heavy atom. The van der Waals surface area contributed by atoms with E-state index in [1.807, 2.05) is 22.6 Å². The Morgan fingerprint density at radius 2 is 2.22 bits per heavy atom. The molecule has 0 heterocycles. The first-order chi connectivity index (χ1) is 8.13. The number of nitrogens with two attached hydrogens (primary N) is 1. The third-order valence-corrected chi connectivity index (χ3v) is 3.85. The molecule has 6 heteroatoms. The first kappa shape index (κ1) is 15.7. The summed E-state index contributed by atoms with van der Waals surface area (Å²) in [6.07, 6.45) is 2.19. The molecule has 0 aromatic heterocycles. The average Bonchev–Trinajstić information content (AvgIpc) is 3.09. The first-order valence-corrected chi connectivity index (χ1v) is 6.66. The van der Waals surface area contributed by atoms with Crippen molar-refractivity contribution in [3.05, 3.63) is 33.1 Å². The van der Waals surface area contributed by atoms with Crippen molar-refractivity contribution < 1.29 is 9.18 Å². The highest BCUT2D eigenvalue weighted by molar-refractivity contribution is 14.1. The monoisotopic (exact) mass is 384 g/mol. The molecule has 1 saturated carbocycles. The topological polar surface area (TPSA) is 55.1 Å². The fourth-order valence-corrected chi connectivity index (χ4v) is 2.53. The van der Waals surface area contributed by atoms with Crippen LogP contribution in [0.1, 0.15) is 23.2 Å². The average molecular weight is 385 g/mol. The molecular formula is C12H15ClFIN2O. The Balaban J connectivity index is 0.00000162. The van der Waals surface area contributed by atoms with Crippen molar-refractivity contribution in [2.75, 3.05) is 6.54 Å². The maximum atomic E-state index is 13.6. The van der Waals surface area contributed by atoms with Crippen LogP contribution in [0, 0.1) is 15.3 Å². The van der Waals surface area contributed by atoms with Gasteiger partial charge in [-0.2, -0.15) is 0 Å². The Hall–Kier alpha value is -0.400. The van der Waals surface area contributed by atoms with Crippen LogP contribution >= 0.6 is 35.0 Å². The molecule has 0 saturated heterocycles. The van der Waals surface area contributed by atoms with E-state index in [2.05, 4.69) is 5.32 Å². The molecule has 1 aromatic carbocycles. The molecule has 1 aliphatic carbocycles. The standard InChI is InChI=1S/C12H14FIN2O.ClH/c13-8-2-1-3-9(14)11(8)12(17)16-10(6-15)7-4-5-7;/h1-3,7,10H,4-6,15H2,(H,16,17);1H. The molecule has 1 fully saturated rings. The van der Waals surface area contributed by atoms with Crippen molar-refractivity contribution in [3.63, 3.8) is 0 Å². The fourth-order valence-electron chi connectivity index (χ4n) is 1.82. The first-order valence-electron chi connectivity index (χ1n) is 5.58. The van der Waals surface area contributed by atoms with Crippen LogP contribution in [0.2, 0.25) is 0 Å². The third kappa shape index (κ3) is 3.55. The van der Waals surface area contributed by atoms with Gasteiger partial charge in [-0.1, -0.05) is 6.07 Å². The summed E-state index contributed by atoms with van der Waals surface area (Å²) < 4.78 is 14.2. The van der Waals surface area contributed by atoms with Crippen LogP contribution in [-0.2, 0) is 0 Å². The smallest absolute Gasteiger partial charge is 0.255 e. The van der Waals surface area contributed by atoms with Crippen molar-refractivity contribution >= 4 is 40.9 Å². The lowest BCUT2D eigenvalue weighted by atomic mass is 10.1. The van der Waals surface area contributed by atoms with Gasteiger partial charge >= 0.3 is 0 Å². The van der Waals surface area contributed by atoms with E-state index in [-0.39, 0.29) is 29.9 Å². The summed E-state index contributed by atoms with van der Waals surface area (Å²) in [7, 11) is 0. The van der Waals surface area contributed by atoms with Gasteiger partial charge in [0.2, 0.25) is 0 Å². The maximum absolute atomic E-state index is 13.6. The lowest BCUT2D eigenvalue weighted by molar-refractivity contribution is 0.0928. The van der Waals surface area contributed by atoms with Gasteiger partial charge in [0.1, 0.15) is 5.82 Å². The number of hydrogen-bond donors (Lipinski definition) is 2. The quantitative estimate of drug-likeness (QED) is 0.783. The molecule has 3 N–H and O–H groups in total. The molecule has 1 amide bonds. The van der Waals surface area contributed by atoms with E-state index in [1.165, 1.54) is 6.07 Å². The summed E-state index contributed by atoms with van der Waals surface area (Å²) in [6, 6.07) is 4.58. The number of halogens is 3. The highest BCUT2D eigenvalue weighted by atomic mass is 127. The summed E-state index contributed by atoms with van der Waals surface area (Å²) in [5.41, 5.74) is 5.72. The minimum absolute atomic E-state index is 0. The van der Waals surface area contributed by atoms with E-state index in [9.17, 15) is 9.18 Å². The second-order valence-electron chi connectivity index (χ2n) is 4.25. The number of benzene rings is 1. The fraction of sp³-hybridized carbons (Fsp3) is 0.417. The lowest BCUT2D eigenvalue weighted by Gasteiger charge is -2.16. The van der Waals surface area contributed by atoms with Crippen LogP contribution < -0.4 is 11.1 Å². The van der Waals surface area contributed by atoms with Crippen LogP contribution in [0.5, 0.6) is 0 Å². The van der Waals surface area contributed by atoms with E-state index in [0.29, 0.717) is 16.0 Å². The number of hydrogen-bond acceptors (Lipinski definition) is 2. The van der Waals surface area contributed by atoms with E-state index >= 15 is 0 Å². The Bertz CT molecular complexity index is 420. The van der Waals surface area contributed by atoms with E-state index in [4.69, 9.17) is 5.73 Å². The van der Waals surface area contributed by atoms with Gasteiger partial charge in [0.05, 0.1) is 5.56 Å². The summed E-state index contributed by atoms with van der Waals surface area (Å²) >= 11 is 1.96. The van der Waals surface area contributed by atoms with Gasteiger partial charge in [-0.15, -0.1) is 12.4 Å². The molecule has 1 aromatic rings. The second kappa shape index (κ2) is 6.68. The van der Waals surface area contributed by atoms with Gasteiger partial charge in [-0.3, -0.25) is 4.79 Å². The van der Waals surface area contributed by atoms with Crippen LogP contribution in [0.15, 0.2) is 18.2 Å². The number of rotatable bonds is 4. The molecule has 3 nitrogen and oxygen atoms in total. The molecule has 18 heavy (non-hydrogen) atoms. The molecule has 100 valence electrons. The van der Waals surface area contributed by atoms with E-state index < -0.39 is 5.82 Å². The van der Waals surface area contributed by atoms with Gasteiger partial charge in [-0.25, -0.2) is 4.39 Å². The number of carbonyl (C=O) groups is 1. The predicted molar refractivity (Wildman–Crippen MR) is 79.4 cm³/mol. The van der Waals surface area contributed by atoms with Crippen LogP contribution in [-0.4, -0.2) is 18.5 Å². The minimum Gasteiger partial charge on any atom is -0.348 e. The molecule has 1 aliphatic rings. The van der Waals surface area contributed by atoms with Crippen LogP contribution in [0.3, 0.4) is 0 Å². The van der Waals surface area contributed by atoms with Crippen molar-refractivity contribution in [2.24, 2.45) is 11.7 Å². The Kier molecular flexibility index (Phi) is 5.81. The van der Waals surface area contributed by atoms with E-state index in [1.54, 1.807) is 12.1 Å². The molecule has 0 radical (unpaired) electrons. The SMILES string of the molecule is Cl.NCC(NC(=O)c1c(F)cccc1I)C1CC1. The zero-order valence-electron chi connectivity index (χ0n) is 9.66. The third-order valence-electron chi connectivity index (χ3n) is 2.95. The summed E-state index contributed by atoms with van der Waals surface area (Å²) in [4.78, 5) is 12.0. The van der Waals surface area contributed by atoms with Crippen molar-refractivity contribution in [1.82, 2.24) is 5.32 Å². The molecular weight excluding hydrogens is 370 g/mol. The summed E-state index contributed by atoms with van der Waals surface area (Å²) in [5, 5.41) is 2.82. The maximum Gasteiger partial charge on any atom is 0.255 e. The number of nitrogens with one attached hydrogen (secondary N) is 1. The Morgan fingerprint density at radius 1 is 1.56 bits per heavy atom.